The van der Waals surface area contributed by atoms with E-state index in [2.05, 4.69) is 10.6 Å². The minimum Gasteiger partial charge on any atom is -0.490 e. The fraction of sp³-hybridized carbons (Fsp3) is 0.652. The lowest BCUT2D eigenvalue weighted by atomic mass is 10.0. The van der Waals surface area contributed by atoms with Crippen LogP contribution < -0.4 is 21.1 Å². The quantitative estimate of drug-likeness (QED) is 0.487. The first-order valence-electron chi connectivity index (χ1n) is 11.8. The van der Waals surface area contributed by atoms with E-state index in [1.165, 1.54) is 12.1 Å². The Morgan fingerprint density at radius 2 is 1.76 bits per heavy atom. The highest BCUT2D eigenvalue weighted by Crippen LogP contribution is 2.27. The maximum absolute atomic E-state index is 13.6. The van der Waals surface area contributed by atoms with Crippen LogP contribution in [-0.2, 0) is 19.6 Å². The third kappa shape index (κ3) is 7.15. The van der Waals surface area contributed by atoms with E-state index in [1.54, 1.807) is 19.1 Å². The Balaban J connectivity index is 1.81. The van der Waals surface area contributed by atoms with Crippen molar-refractivity contribution in [1.29, 1.82) is 0 Å². The molecular formula is C23H36N4O5S. The molecule has 2 atom stereocenters. The first kappa shape index (κ1) is 25.5. The molecule has 2 fully saturated rings. The third-order valence-corrected chi connectivity index (χ3v) is 8.03. The largest absolute Gasteiger partial charge is 0.490 e. The molecule has 0 saturated carbocycles. The number of amides is 2. The van der Waals surface area contributed by atoms with Crippen LogP contribution >= 0.6 is 0 Å². The van der Waals surface area contributed by atoms with Crippen molar-refractivity contribution in [2.24, 2.45) is 11.7 Å². The number of nitrogens with two attached hydrogens (primary N) is 1. The van der Waals surface area contributed by atoms with Crippen LogP contribution in [0.4, 0.5) is 0 Å². The Hall–Kier alpha value is -2.17. The van der Waals surface area contributed by atoms with E-state index in [4.69, 9.17) is 10.5 Å². The number of carbonyl (C=O) groups excluding carboxylic acids is 2. The molecule has 2 aliphatic heterocycles. The van der Waals surface area contributed by atoms with Gasteiger partial charge in [-0.2, -0.15) is 0 Å². The highest BCUT2D eigenvalue weighted by atomic mass is 32.2. The molecule has 2 amide bonds. The summed E-state index contributed by atoms with van der Waals surface area (Å²) in [7, 11) is -4.08. The number of rotatable bonds is 9. The summed E-state index contributed by atoms with van der Waals surface area (Å²) in [5, 5.41) is 6.52. The molecule has 2 aliphatic rings. The van der Waals surface area contributed by atoms with Crippen molar-refractivity contribution in [2.45, 2.75) is 68.9 Å². The smallest absolute Gasteiger partial charge is 0.266 e. The predicted octanol–water partition coefficient (Wildman–Crippen LogP) is 1.38. The van der Waals surface area contributed by atoms with Crippen LogP contribution in [0.5, 0.6) is 5.75 Å². The van der Waals surface area contributed by atoms with Gasteiger partial charge < -0.3 is 21.1 Å². The van der Waals surface area contributed by atoms with Crippen molar-refractivity contribution < 1.29 is 22.7 Å². The monoisotopic (exact) mass is 480 g/mol. The van der Waals surface area contributed by atoms with E-state index in [0.29, 0.717) is 18.7 Å². The Kier molecular flexibility index (Phi) is 9.10. The van der Waals surface area contributed by atoms with Gasteiger partial charge in [0, 0.05) is 19.4 Å². The summed E-state index contributed by atoms with van der Waals surface area (Å²) in [6.45, 7) is 4.73. The van der Waals surface area contributed by atoms with Crippen LogP contribution in [0.25, 0.3) is 0 Å². The summed E-state index contributed by atoms with van der Waals surface area (Å²) in [5.41, 5.74) is 5.26. The van der Waals surface area contributed by atoms with E-state index >= 15 is 0 Å². The number of primary amides is 1. The maximum Gasteiger partial charge on any atom is 0.266 e. The van der Waals surface area contributed by atoms with Crippen LogP contribution in [0.15, 0.2) is 29.2 Å². The maximum atomic E-state index is 13.6. The average molecular weight is 481 g/mol. The number of nitrogens with zero attached hydrogens (tertiary/aromatic N) is 1. The van der Waals surface area contributed by atoms with Gasteiger partial charge in [-0.3, -0.25) is 9.59 Å². The van der Waals surface area contributed by atoms with Gasteiger partial charge in [0.15, 0.2) is 0 Å². The minimum atomic E-state index is -4.08. The van der Waals surface area contributed by atoms with Gasteiger partial charge >= 0.3 is 0 Å². The molecule has 1 aromatic carbocycles. The van der Waals surface area contributed by atoms with Crippen molar-refractivity contribution >= 4 is 21.8 Å². The Morgan fingerprint density at radius 1 is 1.06 bits per heavy atom. The van der Waals surface area contributed by atoms with Gasteiger partial charge in [0.1, 0.15) is 11.9 Å². The van der Waals surface area contributed by atoms with E-state index in [1.807, 2.05) is 0 Å². The lowest BCUT2D eigenvalue weighted by molar-refractivity contribution is -0.129. The standard InChI is InChI=1S/C23H36N4O5S/c1-17(14-22(24)28)15-23(29)27(18-4-2-3-11-26-16-18)33(30,31)21-7-5-19(6-8-21)32-20-9-12-25-13-10-20/h5-8,17-18,20,25-26H,2-4,9-16H2,1H3,(H2,24,28)/t17-,18?/m0/s1. The van der Waals surface area contributed by atoms with Crippen molar-refractivity contribution in [3.8, 4) is 5.75 Å². The molecule has 10 heteroatoms. The normalized spacial score (nSPS) is 21.1. The summed E-state index contributed by atoms with van der Waals surface area (Å²) < 4.78 is 34.3. The number of ether oxygens (including phenoxy) is 1. The van der Waals surface area contributed by atoms with Gasteiger partial charge in [0.05, 0.1) is 10.9 Å². The second-order valence-electron chi connectivity index (χ2n) is 9.07. The number of piperidine rings is 1. The summed E-state index contributed by atoms with van der Waals surface area (Å²) in [6.07, 6.45) is 4.24. The fourth-order valence-corrected chi connectivity index (χ4v) is 6.07. The molecule has 0 aromatic heterocycles. The second-order valence-corrected chi connectivity index (χ2v) is 10.9. The highest BCUT2D eigenvalue weighted by molar-refractivity contribution is 7.89. The number of sulfonamides is 1. The Labute approximate surface area is 196 Å². The van der Waals surface area contributed by atoms with Gasteiger partial charge in [-0.05, 0) is 75.5 Å². The zero-order chi connectivity index (χ0) is 23.8. The number of hydrogen-bond acceptors (Lipinski definition) is 7. The lowest BCUT2D eigenvalue weighted by Gasteiger charge is -2.31. The van der Waals surface area contributed by atoms with Crippen LogP contribution in [0.1, 0.15) is 51.9 Å². The van der Waals surface area contributed by atoms with Crippen molar-refractivity contribution in [1.82, 2.24) is 14.9 Å². The van der Waals surface area contributed by atoms with E-state index < -0.39 is 27.9 Å². The SMILES string of the molecule is C[C@@H](CC(N)=O)CC(=O)N(C1CCCCNC1)S(=O)(=O)c1ccc(OC2CCNCC2)cc1. The molecule has 9 nitrogen and oxygen atoms in total. The molecule has 1 unspecified atom stereocenters. The molecule has 184 valence electrons. The summed E-state index contributed by atoms with van der Waals surface area (Å²) >= 11 is 0. The first-order chi connectivity index (χ1) is 15.8. The number of carbonyl (C=O) groups is 2. The first-order valence-corrected chi connectivity index (χ1v) is 13.2. The second kappa shape index (κ2) is 11.8. The molecular weight excluding hydrogens is 444 g/mol. The van der Waals surface area contributed by atoms with E-state index in [9.17, 15) is 18.0 Å². The molecule has 0 bridgehead atoms. The predicted molar refractivity (Wildman–Crippen MR) is 125 cm³/mol. The minimum absolute atomic E-state index is 0.0330. The molecule has 0 radical (unpaired) electrons. The number of nitrogens with one attached hydrogen (secondary N) is 2. The van der Waals surface area contributed by atoms with Crippen LogP contribution in [0, 0.1) is 5.92 Å². The fourth-order valence-electron chi connectivity index (χ4n) is 4.45. The lowest BCUT2D eigenvalue weighted by Crippen LogP contribution is -2.48. The molecule has 2 saturated heterocycles. The van der Waals surface area contributed by atoms with Crippen LogP contribution in [0.3, 0.4) is 0 Å². The molecule has 2 heterocycles. The van der Waals surface area contributed by atoms with Gasteiger partial charge in [-0.25, -0.2) is 12.7 Å². The molecule has 1 aromatic rings. The summed E-state index contributed by atoms with van der Waals surface area (Å²) in [4.78, 5) is 24.5. The van der Waals surface area contributed by atoms with Crippen molar-refractivity contribution in [3.63, 3.8) is 0 Å². The molecule has 3 rings (SSSR count). The zero-order valence-electron chi connectivity index (χ0n) is 19.3. The van der Waals surface area contributed by atoms with Gasteiger partial charge in [0.2, 0.25) is 11.8 Å². The van der Waals surface area contributed by atoms with Crippen LogP contribution in [0.2, 0.25) is 0 Å². The number of benzene rings is 1. The third-order valence-electron chi connectivity index (χ3n) is 6.14. The van der Waals surface area contributed by atoms with E-state index in [0.717, 1.165) is 49.6 Å². The van der Waals surface area contributed by atoms with Crippen molar-refractivity contribution in [2.75, 3.05) is 26.2 Å². The average Bonchev–Trinajstić information content (AvgIpc) is 3.03. The molecule has 0 aliphatic carbocycles. The van der Waals surface area contributed by atoms with Crippen LogP contribution in [-0.4, -0.2) is 62.9 Å². The topological polar surface area (TPSA) is 131 Å². The molecule has 33 heavy (non-hydrogen) atoms. The number of hydrogen-bond donors (Lipinski definition) is 3. The highest BCUT2D eigenvalue weighted by Gasteiger charge is 2.36. The Bertz CT molecular complexity index is 892. The molecule has 4 N–H and O–H groups in total. The van der Waals surface area contributed by atoms with E-state index in [-0.39, 0.29) is 29.8 Å². The van der Waals surface area contributed by atoms with Gasteiger partial charge in [0.25, 0.3) is 10.0 Å². The van der Waals surface area contributed by atoms with Gasteiger partial charge in [-0.15, -0.1) is 0 Å². The molecule has 0 spiro atoms. The van der Waals surface area contributed by atoms with Crippen molar-refractivity contribution in [3.05, 3.63) is 24.3 Å². The Morgan fingerprint density at radius 3 is 2.42 bits per heavy atom. The zero-order valence-corrected chi connectivity index (χ0v) is 20.1. The summed E-state index contributed by atoms with van der Waals surface area (Å²) in [5.74, 6) is -0.741. The summed E-state index contributed by atoms with van der Waals surface area (Å²) in [6, 6.07) is 5.83. The van der Waals surface area contributed by atoms with Gasteiger partial charge in [-0.1, -0.05) is 13.3 Å².